The lowest BCUT2D eigenvalue weighted by Crippen LogP contribution is -2.37. The van der Waals surface area contributed by atoms with Crippen molar-refractivity contribution in [2.24, 2.45) is 0 Å². The highest BCUT2D eigenvalue weighted by atomic mass is 35.5. The zero-order valence-electron chi connectivity index (χ0n) is 12.6. The van der Waals surface area contributed by atoms with Gasteiger partial charge in [0.25, 0.3) is 0 Å². The van der Waals surface area contributed by atoms with Crippen LogP contribution in [0.2, 0.25) is 5.02 Å². The molecule has 122 valence electrons. The van der Waals surface area contributed by atoms with E-state index >= 15 is 0 Å². The summed E-state index contributed by atoms with van der Waals surface area (Å²) >= 11 is 5.83. The fourth-order valence-electron chi connectivity index (χ4n) is 2.20. The lowest BCUT2D eigenvalue weighted by atomic mass is 10.1. The summed E-state index contributed by atoms with van der Waals surface area (Å²) in [5.74, 6) is -0.790. The van der Waals surface area contributed by atoms with Crippen LogP contribution in [0.15, 0.2) is 48.2 Å². The van der Waals surface area contributed by atoms with E-state index in [1.165, 1.54) is 25.1 Å². The van der Waals surface area contributed by atoms with Crippen molar-refractivity contribution >= 4 is 29.4 Å². The van der Waals surface area contributed by atoms with Crippen LogP contribution < -0.4 is 14.6 Å². The Morgan fingerprint density at radius 3 is 2.62 bits per heavy atom. The first-order chi connectivity index (χ1) is 11.4. The van der Waals surface area contributed by atoms with E-state index in [-0.39, 0.29) is 17.3 Å². The summed E-state index contributed by atoms with van der Waals surface area (Å²) in [6.07, 6.45) is 0.507. The Labute approximate surface area is 143 Å². The molecule has 0 spiro atoms. The first-order valence-corrected chi connectivity index (χ1v) is 7.53. The molecule has 0 aliphatic carbocycles. The third-order valence-electron chi connectivity index (χ3n) is 3.45. The molecule has 24 heavy (non-hydrogen) atoms. The highest BCUT2D eigenvalue weighted by molar-refractivity contribution is 6.30. The van der Waals surface area contributed by atoms with Crippen molar-refractivity contribution in [2.45, 2.75) is 13.0 Å². The average molecular weight is 344 g/mol. The maximum atomic E-state index is 12.3. The lowest BCUT2D eigenvalue weighted by Gasteiger charge is -2.15. The van der Waals surface area contributed by atoms with Crippen LogP contribution in [0.5, 0.6) is 11.5 Å². The Kier molecular flexibility index (Phi) is 4.27. The zero-order valence-corrected chi connectivity index (χ0v) is 13.4. The van der Waals surface area contributed by atoms with Crippen molar-refractivity contribution < 1.29 is 24.2 Å². The molecule has 2 aromatic carbocycles. The number of aliphatic carboxylic acids is 1. The number of Topliss-reactive ketones (excluding diaryl/α,β-unsaturated/α-hetero) is 1. The van der Waals surface area contributed by atoms with E-state index in [1.54, 1.807) is 30.3 Å². The Morgan fingerprint density at radius 1 is 1.25 bits per heavy atom. The Bertz CT molecular complexity index is 839. The van der Waals surface area contributed by atoms with Crippen LogP contribution in [-0.4, -0.2) is 17.9 Å². The molecule has 1 atom stereocenters. The van der Waals surface area contributed by atoms with Gasteiger partial charge >= 0.3 is 0 Å². The zero-order chi connectivity index (χ0) is 17.3. The number of halogens is 1. The number of hydrogen-bond acceptors (Lipinski definition) is 5. The fraction of sp³-hybridized carbons (Fsp3) is 0.111. The number of carbonyl (C=O) groups excluding carboxylic acids is 2. The minimum atomic E-state index is -1.32. The minimum Gasteiger partial charge on any atom is -0.546 e. The summed E-state index contributed by atoms with van der Waals surface area (Å²) < 4.78 is 10.8. The van der Waals surface area contributed by atoms with Gasteiger partial charge in [0, 0.05) is 11.1 Å². The third-order valence-corrected chi connectivity index (χ3v) is 3.71. The van der Waals surface area contributed by atoms with Gasteiger partial charge in [-0.1, -0.05) is 23.7 Å². The van der Waals surface area contributed by atoms with Gasteiger partial charge in [0.15, 0.2) is 5.76 Å². The number of hydrogen-bond donors (Lipinski definition) is 0. The second kappa shape index (κ2) is 6.37. The predicted octanol–water partition coefficient (Wildman–Crippen LogP) is 2.47. The van der Waals surface area contributed by atoms with Crippen LogP contribution in [0, 0.1) is 0 Å². The van der Waals surface area contributed by atoms with Gasteiger partial charge in [0.05, 0.1) is 11.5 Å². The predicted molar refractivity (Wildman–Crippen MR) is 85.9 cm³/mol. The summed E-state index contributed by atoms with van der Waals surface area (Å²) in [4.78, 5) is 23.1. The molecule has 0 N–H and O–H groups in total. The van der Waals surface area contributed by atoms with Crippen molar-refractivity contribution in [1.82, 2.24) is 0 Å². The number of carboxylic acids is 1. The maximum absolute atomic E-state index is 12.3. The van der Waals surface area contributed by atoms with E-state index in [9.17, 15) is 14.7 Å². The molecule has 0 fully saturated rings. The van der Waals surface area contributed by atoms with Gasteiger partial charge in [-0.15, -0.1) is 0 Å². The van der Waals surface area contributed by atoms with Crippen LogP contribution in [0.1, 0.15) is 22.8 Å². The second-order valence-corrected chi connectivity index (χ2v) is 5.66. The fourth-order valence-corrected chi connectivity index (χ4v) is 2.33. The summed E-state index contributed by atoms with van der Waals surface area (Å²) in [5.41, 5.74) is 1.17. The molecule has 0 radical (unpaired) electrons. The molecule has 0 saturated carbocycles. The van der Waals surface area contributed by atoms with E-state index < -0.39 is 12.1 Å². The molecule has 6 heteroatoms. The van der Waals surface area contributed by atoms with E-state index in [2.05, 4.69) is 0 Å². The molecular weight excluding hydrogens is 332 g/mol. The highest BCUT2D eigenvalue weighted by Crippen LogP contribution is 2.35. The molecular formula is C18H12ClO5-. The summed E-state index contributed by atoms with van der Waals surface area (Å²) in [6, 6.07) is 11.5. The number of ether oxygens (including phenoxy) is 2. The van der Waals surface area contributed by atoms with Gasteiger partial charge in [-0.05, 0) is 42.8 Å². The van der Waals surface area contributed by atoms with Gasteiger partial charge in [-0.25, -0.2) is 0 Å². The molecule has 0 bridgehead atoms. The van der Waals surface area contributed by atoms with E-state index in [0.29, 0.717) is 16.3 Å². The van der Waals surface area contributed by atoms with Crippen LogP contribution in [0.25, 0.3) is 6.08 Å². The van der Waals surface area contributed by atoms with Gasteiger partial charge in [-0.3, -0.25) is 4.79 Å². The molecule has 0 saturated heterocycles. The highest BCUT2D eigenvalue weighted by Gasteiger charge is 2.27. The number of carboxylic acid groups (broad SMARTS) is 1. The molecule has 0 amide bonds. The number of rotatable bonds is 4. The summed E-state index contributed by atoms with van der Waals surface area (Å²) in [6.45, 7) is 1.36. The van der Waals surface area contributed by atoms with Gasteiger partial charge < -0.3 is 19.4 Å². The molecule has 0 unspecified atom stereocenters. The standard InChI is InChI=1S/C18H13ClO5/c1-10(18(21)22)23-13-6-7-14-15(9-13)24-16(17(14)20)8-11-2-4-12(19)5-3-11/h2-10H,1H3,(H,21,22)/p-1/b16-8-/t10-/m1/s1. The third kappa shape index (κ3) is 3.26. The van der Waals surface area contributed by atoms with E-state index in [0.717, 1.165) is 5.56 Å². The van der Waals surface area contributed by atoms with Crippen molar-refractivity contribution in [3.8, 4) is 11.5 Å². The first kappa shape index (κ1) is 16.1. The number of ketones is 1. The number of fused-ring (bicyclic) bond motifs is 1. The molecule has 3 rings (SSSR count). The van der Waals surface area contributed by atoms with Crippen LogP contribution in [-0.2, 0) is 4.79 Å². The van der Waals surface area contributed by atoms with Crippen molar-refractivity contribution in [2.75, 3.05) is 0 Å². The maximum Gasteiger partial charge on any atom is 0.231 e. The van der Waals surface area contributed by atoms with Gasteiger partial charge in [0.1, 0.15) is 17.6 Å². The minimum absolute atomic E-state index is 0.178. The van der Waals surface area contributed by atoms with Crippen LogP contribution in [0.4, 0.5) is 0 Å². The normalized spacial score (nSPS) is 15.8. The summed E-state index contributed by atoms with van der Waals surface area (Å²) in [5, 5.41) is 11.3. The van der Waals surface area contributed by atoms with Crippen LogP contribution in [0.3, 0.4) is 0 Å². The van der Waals surface area contributed by atoms with Crippen molar-refractivity contribution in [1.29, 1.82) is 0 Å². The van der Waals surface area contributed by atoms with E-state index in [4.69, 9.17) is 21.1 Å². The molecule has 5 nitrogen and oxygen atoms in total. The Balaban J connectivity index is 1.84. The second-order valence-electron chi connectivity index (χ2n) is 5.23. The molecule has 2 aromatic rings. The Hall–Kier alpha value is -2.79. The lowest BCUT2D eigenvalue weighted by molar-refractivity contribution is -0.312. The molecule has 1 heterocycles. The largest absolute Gasteiger partial charge is 0.546 e. The summed E-state index contributed by atoms with van der Waals surface area (Å²) in [7, 11) is 0. The smallest absolute Gasteiger partial charge is 0.231 e. The molecule has 1 aliphatic rings. The number of allylic oxidation sites excluding steroid dienone is 1. The molecule has 0 aromatic heterocycles. The topological polar surface area (TPSA) is 75.7 Å². The van der Waals surface area contributed by atoms with Gasteiger partial charge in [-0.2, -0.15) is 0 Å². The molecule has 1 aliphatic heterocycles. The Morgan fingerprint density at radius 2 is 1.96 bits per heavy atom. The number of carbonyl (C=O) groups is 2. The van der Waals surface area contributed by atoms with Gasteiger partial charge in [0.2, 0.25) is 5.78 Å². The first-order valence-electron chi connectivity index (χ1n) is 7.15. The van der Waals surface area contributed by atoms with Crippen LogP contribution >= 0.6 is 11.6 Å². The SMILES string of the molecule is C[C@@H](Oc1ccc2c(c1)O/C(=C\c1ccc(Cl)cc1)C2=O)C(=O)[O-]. The number of benzene rings is 2. The monoisotopic (exact) mass is 343 g/mol. The van der Waals surface area contributed by atoms with E-state index in [1.807, 2.05) is 0 Å². The van der Waals surface area contributed by atoms with Crippen molar-refractivity contribution in [3.05, 3.63) is 64.4 Å². The quantitative estimate of drug-likeness (QED) is 0.797. The van der Waals surface area contributed by atoms with Crippen molar-refractivity contribution in [3.63, 3.8) is 0 Å². The average Bonchev–Trinajstić information content (AvgIpc) is 2.85.